The minimum atomic E-state index is -0.231. The number of hydrogen-bond acceptors (Lipinski definition) is 4. The third kappa shape index (κ3) is 6.33. The van der Waals surface area contributed by atoms with E-state index in [1.54, 1.807) is 48.7 Å². The monoisotopic (exact) mass is 460 g/mol. The predicted octanol–water partition coefficient (Wildman–Crippen LogP) is 7.48. The molecule has 1 N–H and O–H groups in total. The summed E-state index contributed by atoms with van der Waals surface area (Å²) in [6.45, 7) is 4.93. The van der Waals surface area contributed by atoms with Crippen molar-refractivity contribution in [3.63, 3.8) is 0 Å². The molecule has 0 saturated heterocycles. The second-order valence-electron chi connectivity index (χ2n) is 7.07. The Morgan fingerprint density at radius 2 is 1.87 bits per heavy atom. The molecule has 0 saturated carbocycles. The molecule has 30 heavy (non-hydrogen) atoms. The van der Waals surface area contributed by atoms with E-state index in [4.69, 9.17) is 27.9 Å². The van der Waals surface area contributed by atoms with Crippen molar-refractivity contribution in [3.8, 4) is 5.75 Å². The van der Waals surface area contributed by atoms with Crippen molar-refractivity contribution < 1.29 is 9.53 Å². The quantitative estimate of drug-likeness (QED) is 0.354. The van der Waals surface area contributed by atoms with Crippen LogP contribution in [0.15, 0.2) is 58.9 Å². The normalized spacial score (nSPS) is 11.2. The number of benzene rings is 2. The number of anilines is 1. The van der Waals surface area contributed by atoms with E-state index in [-0.39, 0.29) is 5.91 Å². The number of ether oxygens (including phenoxy) is 1. The zero-order valence-corrected chi connectivity index (χ0v) is 19.0. The summed E-state index contributed by atoms with van der Waals surface area (Å²) in [5.41, 5.74) is 1.93. The molecular weight excluding hydrogens is 439 g/mol. The molecule has 7 heteroatoms. The number of carbonyl (C=O) groups is 1. The summed E-state index contributed by atoms with van der Waals surface area (Å²) in [6, 6.07) is 14.1. The Kier molecular flexibility index (Phi) is 7.91. The second-order valence-corrected chi connectivity index (χ2v) is 8.84. The van der Waals surface area contributed by atoms with Crippen LogP contribution in [0.25, 0.3) is 0 Å². The lowest BCUT2D eigenvalue weighted by Crippen LogP contribution is -2.10. The molecule has 1 amide bonds. The van der Waals surface area contributed by atoms with Gasteiger partial charge in [-0.1, -0.05) is 37.0 Å². The first kappa shape index (κ1) is 22.3. The Morgan fingerprint density at radius 3 is 2.60 bits per heavy atom. The smallest absolute Gasteiger partial charge is 0.258 e. The molecule has 1 aromatic heterocycles. The first-order valence-electron chi connectivity index (χ1n) is 9.53. The molecule has 4 nitrogen and oxygen atoms in total. The number of hydrogen-bond donors (Lipinski definition) is 1. The van der Waals surface area contributed by atoms with Gasteiger partial charge in [-0.05, 0) is 66.2 Å². The van der Waals surface area contributed by atoms with Gasteiger partial charge in [0.2, 0.25) is 0 Å². The molecule has 0 spiro atoms. The lowest BCUT2D eigenvalue weighted by Gasteiger charge is -2.10. The Labute approximate surface area is 190 Å². The minimum absolute atomic E-state index is 0.231. The highest BCUT2D eigenvalue weighted by Crippen LogP contribution is 2.29. The Hall–Kier alpha value is -2.34. The molecule has 0 radical (unpaired) electrons. The van der Waals surface area contributed by atoms with Gasteiger partial charge in [0.15, 0.2) is 0 Å². The summed E-state index contributed by atoms with van der Waals surface area (Å²) >= 11 is 13.4. The molecular formula is C23H22Cl2N2O2S. The number of amides is 1. The van der Waals surface area contributed by atoms with Crippen molar-refractivity contribution in [2.45, 2.75) is 20.3 Å². The number of thiophene rings is 1. The van der Waals surface area contributed by atoms with E-state index in [0.717, 1.165) is 12.0 Å². The third-order valence-electron chi connectivity index (χ3n) is 4.24. The fourth-order valence-corrected chi connectivity index (χ4v) is 3.63. The average Bonchev–Trinajstić information content (AvgIpc) is 3.18. The number of nitrogens with one attached hydrogen (secondary N) is 1. The fourth-order valence-electron chi connectivity index (χ4n) is 2.59. The Balaban J connectivity index is 1.76. The van der Waals surface area contributed by atoms with Crippen LogP contribution in [0, 0.1) is 5.92 Å². The molecule has 0 aliphatic carbocycles. The van der Waals surface area contributed by atoms with Gasteiger partial charge >= 0.3 is 0 Å². The van der Waals surface area contributed by atoms with E-state index in [0.29, 0.717) is 44.6 Å². The van der Waals surface area contributed by atoms with Gasteiger partial charge in [-0.2, -0.15) is 0 Å². The molecule has 2 aromatic carbocycles. The van der Waals surface area contributed by atoms with Crippen LogP contribution in [0.2, 0.25) is 10.0 Å². The second kappa shape index (κ2) is 10.6. The van der Waals surface area contributed by atoms with Crippen molar-refractivity contribution in [3.05, 3.63) is 75.1 Å². The van der Waals surface area contributed by atoms with Crippen molar-refractivity contribution >= 4 is 57.3 Å². The van der Waals surface area contributed by atoms with E-state index >= 15 is 0 Å². The van der Waals surface area contributed by atoms with Crippen molar-refractivity contribution in [2.24, 2.45) is 10.9 Å². The molecule has 1 heterocycles. The zero-order chi connectivity index (χ0) is 21.5. The van der Waals surface area contributed by atoms with Gasteiger partial charge in [0, 0.05) is 27.5 Å². The predicted molar refractivity (Wildman–Crippen MR) is 127 cm³/mol. The number of rotatable bonds is 8. The van der Waals surface area contributed by atoms with E-state index in [2.05, 4.69) is 24.2 Å². The zero-order valence-electron chi connectivity index (χ0n) is 16.7. The van der Waals surface area contributed by atoms with Crippen LogP contribution < -0.4 is 10.1 Å². The third-order valence-corrected chi connectivity index (χ3v) is 5.54. The van der Waals surface area contributed by atoms with Crippen LogP contribution in [0.3, 0.4) is 0 Å². The molecule has 3 rings (SSSR count). The van der Waals surface area contributed by atoms with Crippen molar-refractivity contribution in [2.75, 3.05) is 11.9 Å². The molecule has 0 aliphatic rings. The molecule has 156 valence electrons. The lowest BCUT2D eigenvalue weighted by molar-refractivity contribution is 0.102. The highest BCUT2D eigenvalue weighted by molar-refractivity contribution is 7.14. The van der Waals surface area contributed by atoms with Gasteiger partial charge in [0.05, 0.1) is 12.2 Å². The van der Waals surface area contributed by atoms with Gasteiger partial charge < -0.3 is 10.1 Å². The van der Waals surface area contributed by atoms with E-state index in [1.165, 1.54) is 11.3 Å². The van der Waals surface area contributed by atoms with E-state index in [9.17, 15) is 4.79 Å². The first-order chi connectivity index (χ1) is 14.4. The highest BCUT2D eigenvalue weighted by atomic mass is 35.5. The molecule has 0 bridgehead atoms. The maximum atomic E-state index is 12.7. The van der Waals surface area contributed by atoms with Crippen molar-refractivity contribution in [1.29, 1.82) is 0 Å². The Bertz CT molecular complexity index is 1030. The summed E-state index contributed by atoms with van der Waals surface area (Å²) < 4.78 is 5.90. The van der Waals surface area contributed by atoms with Crippen LogP contribution >= 0.6 is 34.5 Å². The molecule has 3 aromatic rings. The van der Waals surface area contributed by atoms with Gasteiger partial charge in [-0.25, -0.2) is 4.99 Å². The summed E-state index contributed by atoms with van der Waals surface area (Å²) in [6.07, 6.45) is 2.64. The fraction of sp³-hybridized carbons (Fsp3) is 0.217. The molecule has 0 atom stereocenters. The first-order valence-corrected chi connectivity index (χ1v) is 11.2. The number of carbonyl (C=O) groups excluding carboxylic acids is 1. The van der Waals surface area contributed by atoms with Gasteiger partial charge in [0.1, 0.15) is 10.8 Å². The van der Waals surface area contributed by atoms with Crippen molar-refractivity contribution in [1.82, 2.24) is 0 Å². The standard InChI is InChI=1S/C23H22Cl2N2O2S/c1-15(2)9-11-29-21-8-5-18(25)13-16(21)14-26-23-20(10-12-30-23)22(28)27-19-6-3-17(24)4-7-19/h3-8,10,12-15H,9,11H2,1-2H3,(H,27,28)/b26-14+. The summed E-state index contributed by atoms with van der Waals surface area (Å²) in [4.78, 5) is 17.2. The van der Waals surface area contributed by atoms with Gasteiger partial charge in [0.25, 0.3) is 5.91 Å². The van der Waals surface area contributed by atoms with Crippen LogP contribution in [-0.2, 0) is 0 Å². The molecule has 0 unspecified atom stereocenters. The number of aliphatic imine (C=N–C) groups is 1. The van der Waals surface area contributed by atoms with Crippen LogP contribution in [0.1, 0.15) is 36.2 Å². The van der Waals surface area contributed by atoms with E-state index in [1.807, 2.05) is 11.4 Å². The van der Waals surface area contributed by atoms with E-state index < -0.39 is 0 Å². The summed E-state index contributed by atoms with van der Waals surface area (Å²) in [7, 11) is 0. The van der Waals surface area contributed by atoms with Crippen LogP contribution in [0.5, 0.6) is 5.75 Å². The van der Waals surface area contributed by atoms with Crippen LogP contribution in [0.4, 0.5) is 10.7 Å². The lowest BCUT2D eigenvalue weighted by atomic mass is 10.1. The largest absolute Gasteiger partial charge is 0.493 e. The SMILES string of the molecule is CC(C)CCOc1ccc(Cl)cc1/C=N/c1sccc1C(=O)Nc1ccc(Cl)cc1. The maximum absolute atomic E-state index is 12.7. The number of nitrogens with zero attached hydrogens (tertiary/aromatic N) is 1. The van der Waals surface area contributed by atoms with Crippen LogP contribution in [-0.4, -0.2) is 18.7 Å². The average molecular weight is 461 g/mol. The Morgan fingerprint density at radius 1 is 1.13 bits per heavy atom. The molecule has 0 aliphatic heterocycles. The van der Waals surface area contributed by atoms with Gasteiger partial charge in [-0.3, -0.25) is 4.79 Å². The summed E-state index contributed by atoms with van der Waals surface area (Å²) in [5.74, 6) is 1.04. The maximum Gasteiger partial charge on any atom is 0.258 e. The molecule has 0 fully saturated rings. The number of halogens is 2. The van der Waals surface area contributed by atoms with Gasteiger partial charge in [-0.15, -0.1) is 11.3 Å². The topological polar surface area (TPSA) is 50.7 Å². The summed E-state index contributed by atoms with van der Waals surface area (Å²) in [5, 5.41) is 6.51. The minimum Gasteiger partial charge on any atom is -0.493 e. The highest BCUT2D eigenvalue weighted by Gasteiger charge is 2.13.